The average molecular weight is 337 g/mol. The molecule has 1 aromatic heterocycles. The fraction of sp³-hybridized carbons (Fsp3) is 0.211. The van der Waals surface area contributed by atoms with Gasteiger partial charge in [-0.2, -0.15) is 0 Å². The first-order valence-corrected chi connectivity index (χ1v) is 7.92. The SMILES string of the molecule is CC(=O)c1c2c(c3ccoc3c1C)OC(c1ccc([N+](=O)[O-])cc1)C2. The Morgan fingerprint density at radius 3 is 2.60 bits per heavy atom. The molecule has 1 aliphatic heterocycles. The maximum Gasteiger partial charge on any atom is 0.269 e. The summed E-state index contributed by atoms with van der Waals surface area (Å²) in [4.78, 5) is 22.6. The van der Waals surface area contributed by atoms with Crippen LogP contribution in [-0.2, 0) is 6.42 Å². The van der Waals surface area contributed by atoms with E-state index in [0.29, 0.717) is 23.3 Å². The molecule has 1 aliphatic rings. The van der Waals surface area contributed by atoms with Crippen LogP contribution >= 0.6 is 0 Å². The van der Waals surface area contributed by atoms with Gasteiger partial charge in [0.1, 0.15) is 17.4 Å². The lowest BCUT2D eigenvalue weighted by molar-refractivity contribution is -0.384. The Bertz CT molecular complexity index is 1020. The number of hydrogen-bond acceptors (Lipinski definition) is 5. The number of furan rings is 1. The number of nitrogens with zero attached hydrogens (tertiary/aromatic N) is 1. The highest BCUT2D eigenvalue weighted by Crippen LogP contribution is 2.45. The normalized spacial score (nSPS) is 15.8. The zero-order chi connectivity index (χ0) is 17.7. The van der Waals surface area contributed by atoms with E-state index in [1.165, 1.54) is 19.1 Å². The summed E-state index contributed by atoms with van der Waals surface area (Å²) in [5.41, 5.74) is 3.87. The molecule has 0 N–H and O–H groups in total. The van der Waals surface area contributed by atoms with Gasteiger partial charge in [0.2, 0.25) is 0 Å². The molecule has 2 aromatic carbocycles. The molecule has 126 valence electrons. The molecule has 0 radical (unpaired) electrons. The van der Waals surface area contributed by atoms with Crippen molar-refractivity contribution in [3.8, 4) is 5.75 Å². The van der Waals surface area contributed by atoms with E-state index in [1.54, 1.807) is 18.4 Å². The van der Waals surface area contributed by atoms with Crippen molar-refractivity contribution in [2.24, 2.45) is 0 Å². The summed E-state index contributed by atoms with van der Waals surface area (Å²) in [5, 5.41) is 11.7. The topological polar surface area (TPSA) is 82.6 Å². The molecule has 3 aromatic rings. The third kappa shape index (κ3) is 2.29. The zero-order valence-corrected chi connectivity index (χ0v) is 13.7. The van der Waals surface area contributed by atoms with Crippen LogP contribution in [0.2, 0.25) is 0 Å². The standard InChI is InChI=1S/C19H15NO5/c1-10-17(11(2)21)15-9-16(12-3-5-13(6-4-12)20(22)23)25-19(15)14-7-8-24-18(10)14/h3-8,16H,9H2,1-2H3. The van der Waals surface area contributed by atoms with Gasteiger partial charge in [0, 0.05) is 35.2 Å². The number of benzene rings is 2. The third-order valence-corrected chi connectivity index (χ3v) is 4.68. The summed E-state index contributed by atoms with van der Waals surface area (Å²) >= 11 is 0. The molecule has 6 nitrogen and oxygen atoms in total. The van der Waals surface area contributed by atoms with Crippen LogP contribution in [0, 0.1) is 17.0 Å². The summed E-state index contributed by atoms with van der Waals surface area (Å²) in [6.07, 6.45) is 1.85. The van der Waals surface area contributed by atoms with Crippen LogP contribution in [0.1, 0.15) is 40.1 Å². The van der Waals surface area contributed by atoms with Gasteiger partial charge in [-0.15, -0.1) is 0 Å². The molecule has 0 saturated carbocycles. The fourth-order valence-corrected chi connectivity index (χ4v) is 3.57. The van der Waals surface area contributed by atoms with Gasteiger partial charge in [-0.3, -0.25) is 14.9 Å². The van der Waals surface area contributed by atoms with Crippen molar-refractivity contribution in [2.75, 3.05) is 0 Å². The van der Waals surface area contributed by atoms with E-state index >= 15 is 0 Å². The first kappa shape index (κ1) is 15.4. The Morgan fingerprint density at radius 1 is 1.24 bits per heavy atom. The Morgan fingerprint density at radius 2 is 1.96 bits per heavy atom. The van der Waals surface area contributed by atoms with Gasteiger partial charge in [0.25, 0.3) is 5.69 Å². The van der Waals surface area contributed by atoms with Crippen LogP contribution in [0.25, 0.3) is 11.0 Å². The van der Waals surface area contributed by atoms with Gasteiger partial charge in [-0.25, -0.2) is 0 Å². The van der Waals surface area contributed by atoms with E-state index in [4.69, 9.17) is 9.15 Å². The largest absolute Gasteiger partial charge is 0.484 e. The van der Waals surface area contributed by atoms with Crippen molar-refractivity contribution in [3.63, 3.8) is 0 Å². The molecule has 2 heterocycles. The minimum Gasteiger partial charge on any atom is -0.484 e. The molecule has 0 bridgehead atoms. The highest BCUT2D eigenvalue weighted by molar-refractivity contribution is 6.04. The number of aryl methyl sites for hydroxylation is 1. The lowest BCUT2D eigenvalue weighted by atomic mass is 9.92. The lowest BCUT2D eigenvalue weighted by Crippen LogP contribution is -2.04. The smallest absolute Gasteiger partial charge is 0.269 e. The van der Waals surface area contributed by atoms with E-state index in [9.17, 15) is 14.9 Å². The van der Waals surface area contributed by atoms with Crippen LogP contribution < -0.4 is 4.74 Å². The predicted molar refractivity (Wildman–Crippen MR) is 91.1 cm³/mol. The van der Waals surface area contributed by atoms with Crippen molar-refractivity contribution in [1.82, 2.24) is 0 Å². The van der Waals surface area contributed by atoms with Crippen molar-refractivity contribution in [3.05, 3.63) is 69.0 Å². The lowest BCUT2D eigenvalue weighted by Gasteiger charge is -2.11. The van der Waals surface area contributed by atoms with Crippen LogP contribution in [0.15, 0.2) is 41.0 Å². The van der Waals surface area contributed by atoms with Crippen LogP contribution in [0.3, 0.4) is 0 Å². The molecule has 0 fully saturated rings. The zero-order valence-electron chi connectivity index (χ0n) is 13.7. The Labute approximate surface area is 143 Å². The first-order valence-electron chi connectivity index (χ1n) is 7.92. The maximum absolute atomic E-state index is 12.2. The number of ketones is 1. The van der Waals surface area contributed by atoms with Gasteiger partial charge >= 0.3 is 0 Å². The molecule has 1 unspecified atom stereocenters. The second kappa shape index (κ2) is 5.44. The Kier molecular flexibility index (Phi) is 3.35. The summed E-state index contributed by atoms with van der Waals surface area (Å²) in [7, 11) is 0. The van der Waals surface area contributed by atoms with Crippen LogP contribution in [0.5, 0.6) is 5.75 Å². The highest BCUT2D eigenvalue weighted by Gasteiger charge is 2.32. The third-order valence-electron chi connectivity index (χ3n) is 4.68. The number of ether oxygens (including phenoxy) is 1. The van der Waals surface area contributed by atoms with E-state index in [1.807, 2.05) is 13.0 Å². The number of non-ortho nitro benzene ring substituents is 1. The number of carbonyl (C=O) groups excluding carboxylic acids is 1. The average Bonchev–Trinajstić information content (AvgIpc) is 3.21. The molecule has 4 rings (SSSR count). The summed E-state index contributed by atoms with van der Waals surface area (Å²) in [6, 6.07) is 8.16. The molecule has 1 atom stereocenters. The molecule has 25 heavy (non-hydrogen) atoms. The van der Waals surface area contributed by atoms with Crippen molar-refractivity contribution >= 4 is 22.4 Å². The number of nitro benzene ring substituents is 1. The molecular weight excluding hydrogens is 322 g/mol. The number of fused-ring (bicyclic) bond motifs is 3. The minimum atomic E-state index is -0.430. The molecule has 6 heteroatoms. The first-order chi connectivity index (χ1) is 12.0. The predicted octanol–water partition coefficient (Wildman–Crippen LogP) is 4.53. The van der Waals surface area contributed by atoms with E-state index in [0.717, 1.165) is 22.1 Å². The highest BCUT2D eigenvalue weighted by atomic mass is 16.6. The van der Waals surface area contributed by atoms with Crippen molar-refractivity contribution < 1.29 is 18.9 Å². The van der Waals surface area contributed by atoms with Crippen LogP contribution in [-0.4, -0.2) is 10.7 Å². The molecule has 0 amide bonds. The maximum atomic E-state index is 12.2. The Hall–Kier alpha value is -3.15. The molecule has 0 saturated heterocycles. The number of rotatable bonds is 3. The van der Waals surface area contributed by atoms with Gasteiger partial charge in [0.05, 0.1) is 16.6 Å². The summed E-state index contributed by atoms with van der Waals surface area (Å²) in [6.45, 7) is 3.42. The number of Topliss-reactive ketones (excluding diaryl/α,β-unsaturated/α-hetero) is 1. The fourth-order valence-electron chi connectivity index (χ4n) is 3.57. The van der Waals surface area contributed by atoms with Gasteiger partial charge in [-0.05, 0) is 37.6 Å². The number of carbonyl (C=O) groups is 1. The van der Waals surface area contributed by atoms with E-state index in [2.05, 4.69) is 0 Å². The molecule has 0 spiro atoms. The molecule has 0 aliphatic carbocycles. The van der Waals surface area contributed by atoms with Gasteiger partial charge < -0.3 is 9.15 Å². The summed E-state index contributed by atoms with van der Waals surface area (Å²) in [5.74, 6) is 0.642. The van der Waals surface area contributed by atoms with E-state index in [-0.39, 0.29) is 17.6 Å². The quantitative estimate of drug-likeness (QED) is 0.398. The van der Waals surface area contributed by atoms with Crippen molar-refractivity contribution in [1.29, 1.82) is 0 Å². The minimum absolute atomic E-state index is 0.0278. The van der Waals surface area contributed by atoms with Gasteiger partial charge in [-0.1, -0.05) is 0 Å². The molecular formula is C19H15NO5. The van der Waals surface area contributed by atoms with E-state index < -0.39 is 4.92 Å². The van der Waals surface area contributed by atoms with Crippen molar-refractivity contribution in [2.45, 2.75) is 26.4 Å². The number of nitro groups is 1. The second-order valence-corrected chi connectivity index (χ2v) is 6.19. The monoisotopic (exact) mass is 337 g/mol. The second-order valence-electron chi connectivity index (χ2n) is 6.19. The van der Waals surface area contributed by atoms with Gasteiger partial charge in [0.15, 0.2) is 5.78 Å². The van der Waals surface area contributed by atoms with Crippen LogP contribution in [0.4, 0.5) is 5.69 Å². The summed E-state index contributed by atoms with van der Waals surface area (Å²) < 4.78 is 11.7. The number of hydrogen-bond donors (Lipinski definition) is 0. The Balaban J connectivity index is 1.80.